The Kier molecular flexibility index (Phi) is 3.85. The van der Waals surface area contributed by atoms with E-state index in [1.54, 1.807) is 0 Å². The van der Waals surface area contributed by atoms with Crippen molar-refractivity contribution in [3.05, 3.63) is 23.0 Å². The summed E-state index contributed by atoms with van der Waals surface area (Å²) >= 11 is 5.99. The molecule has 0 spiro atoms. The van der Waals surface area contributed by atoms with E-state index in [0.717, 1.165) is 44.1 Å². The summed E-state index contributed by atoms with van der Waals surface area (Å²) in [5, 5.41) is 0. The molecule has 15 heavy (non-hydrogen) atoms. The lowest BCUT2D eigenvalue weighted by Crippen LogP contribution is -2.09. The maximum atomic E-state index is 13.7. The molecule has 84 valence electrons. The predicted molar refractivity (Wildman–Crippen MR) is 62.7 cm³/mol. The van der Waals surface area contributed by atoms with Crippen LogP contribution in [0, 0.1) is 5.92 Å². The van der Waals surface area contributed by atoms with Crippen LogP contribution in [-0.4, -0.2) is 5.88 Å². The van der Waals surface area contributed by atoms with Gasteiger partial charge < -0.3 is 0 Å². The molecule has 1 unspecified atom stereocenters. The standard InChI is InChI=1S/C13H18ClF/c14-9-12-8-7-11-5-1-3-10(12)4-2-6-13(11)15/h4,12H,1-3,5-9H2/b10-4-,13-11-. The fourth-order valence-corrected chi connectivity index (χ4v) is 3.00. The molecule has 0 aromatic heterocycles. The number of alkyl halides is 1. The van der Waals surface area contributed by atoms with Crippen LogP contribution < -0.4 is 0 Å². The van der Waals surface area contributed by atoms with Gasteiger partial charge in [0.25, 0.3) is 0 Å². The second kappa shape index (κ2) is 5.16. The normalized spacial score (nSPS) is 36.1. The smallest absolute Gasteiger partial charge is 0.0994 e. The quantitative estimate of drug-likeness (QED) is 0.449. The molecule has 1 saturated carbocycles. The minimum absolute atomic E-state index is 0.155. The van der Waals surface area contributed by atoms with Crippen molar-refractivity contribution >= 4 is 11.6 Å². The van der Waals surface area contributed by atoms with E-state index in [1.807, 2.05) is 0 Å². The molecule has 1 atom stereocenters. The molecule has 0 aromatic rings. The Labute approximate surface area is 96.2 Å². The molecular formula is C13H18ClF. The van der Waals surface area contributed by atoms with Gasteiger partial charge in [0, 0.05) is 12.3 Å². The molecule has 3 aliphatic carbocycles. The molecule has 0 heterocycles. The van der Waals surface area contributed by atoms with Crippen molar-refractivity contribution in [3.8, 4) is 0 Å². The molecule has 0 aromatic carbocycles. The number of hydrogen-bond donors (Lipinski definition) is 0. The Morgan fingerprint density at radius 3 is 2.93 bits per heavy atom. The van der Waals surface area contributed by atoms with E-state index < -0.39 is 0 Å². The van der Waals surface area contributed by atoms with Crippen LogP contribution in [0.2, 0.25) is 0 Å². The first kappa shape index (κ1) is 11.2. The van der Waals surface area contributed by atoms with Crippen LogP contribution in [0.15, 0.2) is 23.0 Å². The van der Waals surface area contributed by atoms with Crippen LogP contribution in [0.4, 0.5) is 4.39 Å². The largest absolute Gasteiger partial charge is 0.212 e. The van der Waals surface area contributed by atoms with Gasteiger partial charge in [-0.3, -0.25) is 0 Å². The molecule has 0 amide bonds. The van der Waals surface area contributed by atoms with Gasteiger partial charge in [-0.05, 0) is 50.0 Å². The lowest BCUT2D eigenvalue weighted by molar-refractivity contribution is 0.520. The highest BCUT2D eigenvalue weighted by Crippen LogP contribution is 2.35. The van der Waals surface area contributed by atoms with E-state index in [9.17, 15) is 4.39 Å². The number of hydrogen-bond acceptors (Lipinski definition) is 0. The molecule has 3 rings (SSSR count). The van der Waals surface area contributed by atoms with Crippen molar-refractivity contribution in [2.45, 2.75) is 44.9 Å². The molecule has 0 nitrogen and oxygen atoms in total. The molecular weight excluding hydrogens is 211 g/mol. The van der Waals surface area contributed by atoms with Crippen molar-refractivity contribution in [3.63, 3.8) is 0 Å². The molecule has 1 fully saturated rings. The monoisotopic (exact) mass is 228 g/mol. The molecule has 2 bridgehead atoms. The highest BCUT2D eigenvalue weighted by Gasteiger charge is 2.20. The van der Waals surface area contributed by atoms with Crippen LogP contribution in [-0.2, 0) is 0 Å². The van der Waals surface area contributed by atoms with E-state index in [4.69, 9.17) is 11.6 Å². The third-order valence-corrected chi connectivity index (χ3v) is 3.98. The van der Waals surface area contributed by atoms with Gasteiger partial charge in [0.15, 0.2) is 0 Å². The minimum atomic E-state index is 0.155. The third-order valence-electron chi connectivity index (χ3n) is 3.60. The zero-order valence-electron chi connectivity index (χ0n) is 9.07. The summed E-state index contributed by atoms with van der Waals surface area (Å²) in [4.78, 5) is 0. The van der Waals surface area contributed by atoms with Crippen LogP contribution in [0.25, 0.3) is 0 Å². The van der Waals surface area contributed by atoms with Gasteiger partial charge in [0.2, 0.25) is 0 Å². The first-order valence-electron chi connectivity index (χ1n) is 5.92. The summed E-state index contributed by atoms with van der Waals surface area (Å²) in [6, 6.07) is 0. The second-order valence-corrected chi connectivity index (χ2v) is 4.88. The highest BCUT2D eigenvalue weighted by molar-refractivity contribution is 6.18. The van der Waals surface area contributed by atoms with Gasteiger partial charge in [-0.1, -0.05) is 11.6 Å². The Bertz CT molecular complexity index is 291. The summed E-state index contributed by atoms with van der Waals surface area (Å²) in [7, 11) is 0. The Morgan fingerprint density at radius 1 is 1.27 bits per heavy atom. The van der Waals surface area contributed by atoms with Gasteiger partial charge in [-0.25, -0.2) is 4.39 Å². The Morgan fingerprint density at radius 2 is 2.13 bits per heavy atom. The molecule has 0 N–H and O–H groups in total. The van der Waals surface area contributed by atoms with E-state index in [0.29, 0.717) is 18.2 Å². The van der Waals surface area contributed by atoms with Crippen molar-refractivity contribution in [2.24, 2.45) is 5.92 Å². The first-order chi connectivity index (χ1) is 7.31. The van der Waals surface area contributed by atoms with Gasteiger partial charge in [0.1, 0.15) is 0 Å². The topological polar surface area (TPSA) is 0 Å². The van der Waals surface area contributed by atoms with Gasteiger partial charge in [0.05, 0.1) is 5.83 Å². The van der Waals surface area contributed by atoms with Crippen molar-refractivity contribution in [1.29, 1.82) is 0 Å². The van der Waals surface area contributed by atoms with Crippen LogP contribution in [0.3, 0.4) is 0 Å². The maximum Gasteiger partial charge on any atom is 0.0994 e. The van der Waals surface area contributed by atoms with Gasteiger partial charge in [-0.15, -0.1) is 11.6 Å². The average Bonchev–Trinajstić information content (AvgIpc) is 2.33. The number of halogens is 2. The van der Waals surface area contributed by atoms with E-state index in [2.05, 4.69) is 6.08 Å². The van der Waals surface area contributed by atoms with E-state index in [1.165, 1.54) is 5.57 Å². The summed E-state index contributed by atoms with van der Waals surface area (Å²) in [6.07, 6.45) is 8.83. The number of rotatable bonds is 1. The summed E-state index contributed by atoms with van der Waals surface area (Å²) in [5.74, 6) is 1.34. The van der Waals surface area contributed by atoms with Gasteiger partial charge in [-0.2, -0.15) is 0 Å². The van der Waals surface area contributed by atoms with Crippen molar-refractivity contribution in [2.75, 3.05) is 5.88 Å². The molecule has 0 radical (unpaired) electrons. The maximum absolute atomic E-state index is 13.7. The first-order valence-corrected chi connectivity index (χ1v) is 6.46. The van der Waals surface area contributed by atoms with E-state index in [-0.39, 0.29) is 5.83 Å². The molecule has 0 aliphatic heterocycles. The van der Waals surface area contributed by atoms with Crippen LogP contribution in [0.5, 0.6) is 0 Å². The fraction of sp³-hybridized carbons (Fsp3) is 0.692. The number of allylic oxidation sites excluding steroid dienone is 4. The summed E-state index contributed by atoms with van der Waals surface area (Å²) in [5.41, 5.74) is 2.55. The number of fused-ring (bicyclic) bond motifs is 7. The Hall–Kier alpha value is -0.300. The fourth-order valence-electron chi connectivity index (χ4n) is 2.65. The lowest BCUT2D eigenvalue weighted by Gasteiger charge is -2.21. The Balaban J connectivity index is 2.26. The lowest BCUT2D eigenvalue weighted by atomic mass is 9.86. The predicted octanol–water partition coefficient (Wildman–Crippen LogP) is 4.75. The van der Waals surface area contributed by atoms with Gasteiger partial charge >= 0.3 is 0 Å². The second-order valence-electron chi connectivity index (χ2n) is 4.57. The molecule has 3 aliphatic rings. The van der Waals surface area contributed by atoms with Crippen LogP contribution >= 0.6 is 11.6 Å². The summed E-state index contributed by atoms with van der Waals surface area (Å²) in [6.45, 7) is 0. The zero-order valence-corrected chi connectivity index (χ0v) is 9.82. The van der Waals surface area contributed by atoms with Crippen LogP contribution in [0.1, 0.15) is 44.9 Å². The molecule has 2 heteroatoms. The highest BCUT2D eigenvalue weighted by atomic mass is 35.5. The SMILES string of the molecule is F/C1=C2/CCC/C(=C/CC1)C(CCl)CC2. The summed E-state index contributed by atoms with van der Waals surface area (Å²) < 4.78 is 13.7. The minimum Gasteiger partial charge on any atom is -0.212 e. The average molecular weight is 229 g/mol. The zero-order chi connectivity index (χ0) is 10.7. The van der Waals surface area contributed by atoms with Crippen molar-refractivity contribution in [1.82, 2.24) is 0 Å². The van der Waals surface area contributed by atoms with E-state index >= 15 is 0 Å². The van der Waals surface area contributed by atoms with Crippen molar-refractivity contribution < 1.29 is 4.39 Å². The third kappa shape index (κ3) is 2.63. The molecule has 0 saturated heterocycles.